The topological polar surface area (TPSA) is 66.5 Å². The molecule has 5 nitrogen and oxygen atoms in total. The van der Waals surface area contributed by atoms with Gasteiger partial charge in [0.15, 0.2) is 0 Å². The summed E-state index contributed by atoms with van der Waals surface area (Å²) in [5, 5.41) is 2.36. The Kier molecular flexibility index (Phi) is 2.09. The third-order valence-corrected chi connectivity index (χ3v) is 4.36. The zero-order chi connectivity index (χ0) is 12.2. The van der Waals surface area contributed by atoms with Gasteiger partial charge in [-0.2, -0.15) is 0 Å². The molecule has 2 aliphatic carbocycles. The number of nitrogens with zero attached hydrogens (tertiary/aromatic N) is 1. The first-order valence-electron chi connectivity index (χ1n) is 6.25. The van der Waals surface area contributed by atoms with Crippen LogP contribution in [0.2, 0.25) is 0 Å². The highest BCUT2D eigenvalue weighted by Gasteiger charge is 2.58. The van der Waals surface area contributed by atoms with Crippen molar-refractivity contribution in [2.24, 2.45) is 11.3 Å². The monoisotopic (exact) mass is 236 g/mol. The number of rotatable bonds is 1. The molecule has 0 aromatic heterocycles. The lowest BCUT2D eigenvalue weighted by atomic mass is 9.82. The number of carbonyl (C=O) groups is 3. The molecule has 1 aliphatic heterocycles. The van der Waals surface area contributed by atoms with E-state index in [-0.39, 0.29) is 17.9 Å². The highest BCUT2D eigenvalue weighted by molar-refractivity contribution is 6.19. The van der Waals surface area contributed by atoms with E-state index in [9.17, 15) is 14.4 Å². The molecule has 1 spiro atoms. The van der Waals surface area contributed by atoms with Crippen LogP contribution in [0.25, 0.3) is 0 Å². The van der Waals surface area contributed by atoms with Crippen molar-refractivity contribution in [3.63, 3.8) is 0 Å². The lowest BCUT2D eigenvalue weighted by Gasteiger charge is -2.37. The predicted octanol–water partition coefficient (Wildman–Crippen LogP) is 1.03. The lowest BCUT2D eigenvalue weighted by molar-refractivity contribution is -0.151. The fourth-order valence-corrected chi connectivity index (χ4v) is 3.08. The first kappa shape index (κ1) is 10.7. The molecule has 2 unspecified atom stereocenters. The summed E-state index contributed by atoms with van der Waals surface area (Å²) in [5.41, 5.74) is -0.934. The van der Waals surface area contributed by atoms with Crippen molar-refractivity contribution in [3.05, 3.63) is 0 Å². The summed E-state index contributed by atoms with van der Waals surface area (Å²) in [6.45, 7) is 2.02. The van der Waals surface area contributed by atoms with Crippen molar-refractivity contribution in [1.29, 1.82) is 0 Å². The smallest absolute Gasteiger partial charge is 0.277 e. The van der Waals surface area contributed by atoms with Crippen LogP contribution in [0.5, 0.6) is 0 Å². The van der Waals surface area contributed by atoms with Gasteiger partial charge >= 0.3 is 6.03 Å². The number of barbiturate groups is 1. The molecule has 17 heavy (non-hydrogen) atoms. The van der Waals surface area contributed by atoms with Crippen LogP contribution in [0.1, 0.15) is 39.0 Å². The Morgan fingerprint density at radius 3 is 2.35 bits per heavy atom. The zero-order valence-electron chi connectivity index (χ0n) is 9.86. The van der Waals surface area contributed by atoms with Gasteiger partial charge in [0.05, 0.1) is 0 Å². The molecule has 2 saturated carbocycles. The van der Waals surface area contributed by atoms with Crippen molar-refractivity contribution >= 4 is 17.8 Å². The maximum Gasteiger partial charge on any atom is 0.331 e. The summed E-state index contributed by atoms with van der Waals surface area (Å²) in [4.78, 5) is 37.4. The molecular weight excluding hydrogens is 220 g/mol. The Bertz CT molecular complexity index is 412. The molecule has 1 N–H and O–H groups in total. The molecule has 1 heterocycles. The van der Waals surface area contributed by atoms with Crippen molar-refractivity contribution in [2.45, 2.75) is 45.1 Å². The first-order valence-corrected chi connectivity index (χ1v) is 6.25. The molecule has 0 bridgehead atoms. The van der Waals surface area contributed by atoms with E-state index in [0.717, 1.165) is 19.3 Å². The van der Waals surface area contributed by atoms with Gasteiger partial charge in [-0.15, -0.1) is 0 Å². The first-order chi connectivity index (χ1) is 8.06. The number of hydrogen-bond acceptors (Lipinski definition) is 3. The lowest BCUT2D eigenvalue weighted by Crippen LogP contribution is -2.63. The van der Waals surface area contributed by atoms with Crippen molar-refractivity contribution < 1.29 is 14.4 Å². The van der Waals surface area contributed by atoms with Gasteiger partial charge in [0.2, 0.25) is 11.8 Å². The molecule has 1 saturated heterocycles. The van der Waals surface area contributed by atoms with Crippen LogP contribution in [-0.4, -0.2) is 28.8 Å². The molecule has 4 amide bonds. The molecule has 0 radical (unpaired) electrons. The van der Waals surface area contributed by atoms with E-state index in [4.69, 9.17) is 0 Å². The third kappa shape index (κ3) is 1.34. The van der Waals surface area contributed by atoms with Crippen LogP contribution in [0, 0.1) is 11.3 Å². The molecule has 5 heteroatoms. The fraction of sp³-hybridized carbons (Fsp3) is 0.750. The van der Waals surface area contributed by atoms with E-state index in [1.165, 1.54) is 4.90 Å². The number of urea groups is 1. The summed E-state index contributed by atoms with van der Waals surface area (Å²) in [5.74, 6) is -0.260. The average Bonchev–Trinajstić information content (AvgIpc) is 2.82. The standard InChI is InChI=1S/C12H16N2O3/c1-7-6-8(7)14-10(16)12(4-2-3-5-12)9(15)13-11(14)17/h7-8H,2-6H2,1H3,(H,13,15,17). The van der Waals surface area contributed by atoms with Gasteiger partial charge in [-0.05, 0) is 25.2 Å². The summed E-state index contributed by atoms with van der Waals surface area (Å²) in [6.07, 6.45) is 3.82. The number of hydrogen-bond donors (Lipinski definition) is 1. The normalized spacial score (nSPS) is 35.4. The maximum atomic E-state index is 12.4. The molecule has 3 fully saturated rings. The minimum atomic E-state index is -0.934. The van der Waals surface area contributed by atoms with Crippen LogP contribution in [0.3, 0.4) is 0 Å². The van der Waals surface area contributed by atoms with E-state index < -0.39 is 11.4 Å². The Balaban J connectivity index is 1.93. The number of nitrogens with one attached hydrogen (secondary N) is 1. The SMILES string of the molecule is CC1CC1N1C(=O)NC(=O)C2(CCCC2)C1=O. The van der Waals surface area contributed by atoms with Crippen LogP contribution < -0.4 is 5.32 Å². The van der Waals surface area contributed by atoms with Gasteiger partial charge in [-0.1, -0.05) is 19.8 Å². The van der Waals surface area contributed by atoms with E-state index in [1.54, 1.807) is 0 Å². The number of imide groups is 2. The van der Waals surface area contributed by atoms with Gasteiger partial charge in [0, 0.05) is 6.04 Å². The van der Waals surface area contributed by atoms with Crippen LogP contribution in [-0.2, 0) is 9.59 Å². The Morgan fingerprint density at radius 2 is 1.82 bits per heavy atom. The highest BCUT2D eigenvalue weighted by Crippen LogP contribution is 2.45. The van der Waals surface area contributed by atoms with E-state index in [1.807, 2.05) is 6.92 Å². The minimum Gasteiger partial charge on any atom is -0.277 e. The molecule has 3 rings (SSSR count). The molecule has 92 valence electrons. The minimum absolute atomic E-state index is 0.00748. The predicted molar refractivity (Wildman–Crippen MR) is 58.9 cm³/mol. The maximum absolute atomic E-state index is 12.4. The Hall–Kier alpha value is -1.39. The molecule has 2 atom stereocenters. The molecule has 3 aliphatic rings. The molecular formula is C12H16N2O3. The third-order valence-electron chi connectivity index (χ3n) is 4.36. The quantitative estimate of drug-likeness (QED) is 0.691. The summed E-state index contributed by atoms with van der Waals surface area (Å²) < 4.78 is 0. The van der Waals surface area contributed by atoms with Gasteiger partial charge in [-0.25, -0.2) is 4.79 Å². The van der Waals surface area contributed by atoms with Gasteiger partial charge in [0.25, 0.3) is 0 Å². The Morgan fingerprint density at radius 1 is 1.24 bits per heavy atom. The van der Waals surface area contributed by atoms with E-state index in [2.05, 4.69) is 5.32 Å². The second-order valence-electron chi connectivity index (χ2n) is 5.50. The summed E-state index contributed by atoms with van der Waals surface area (Å²) in [7, 11) is 0. The highest BCUT2D eigenvalue weighted by atomic mass is 16.2. The van der Waals surface area contributed by atoms with Crippen LogP contribution in [0.4, 0.5) is 4.79 Å². The van der Waals surface area contributed by atoms with Gasteiger partial charge < -0.3 is 0 Å². The second-order valence-corrected chi connectivity index (χ2v) is 5.50. The van der Waals surface area contributed by atoms with E-state index in [0.29, 0.717) is 18.8 Å². The van der Waals surface area contributed by atoms with Crippen molar-refractivity contribution in [1.82, 2.24) is 10.2 Å². The summed E-state index contributed by atoms with van der Waals surface area (Å²) >= 11 is 0. The van der Waals surface area contributed by atoms with Crippen molar-refractivity contribution in [3.8, 4) is 0 Å². The number of carbonyl (C=O) groups excluding carboxylic acids is 3. The van der Waals surface area contributed by atoms with Crippen LogP contribution in [0.15, 0.2) is 0 Å². The van der Waals surface area contributed by atoms with E-state index >= 15 is 0 Å². The zero-order valence-corrected chi connectivity index (χ0v) is 9.86. The summed E-state index contributed by atoms with van der Waals surface area (Å²) in [6, 6.07) is -0.514. The Labute approximate surface area is 99.5 Å². The molecule has 0 aromatic carbocycles. The molecule has 0 aromatic rings. The average molecular weight is 236 g/mol. The second kappa shape index (κ2) is 3.31. The largest absolute Gasteiger partial charge is 0.331 e. The van der Waals surface area contributed by atoms with Crippen LogP contribution >= 0.6 is 0 Å². The number of amides is 4. The van der Waals surface area contributed by atoms with Crippen molar-refractivity contribution in [2.75, 3.05) is 0 Å². The van der Waals surface area contributed by atoms with Gasteiger partial charge in [0.1, 0.15) is 5.41 Å². The fourth-order valence-electron chi connectivity index (χ4n) is 3.08. The van der Waals surface area contributed by atoms with Gasteiger partial charge in [-0.3, -0.25) is 19.8 Å².